The normalized spacial score (nSPS) is 10.6. The zero-order chi connectivity index (χ0) is 17.8. The topological polar surface area (TPSA) is 92.9 Å². The van der Waals surface area contributed by atoms with Crippen molar-refractivity contribution in [2.75, 3.05) is 11.1 Å². The third kappa shape index (κ3) is 3.91. The number of aromatic nitrogens is 4. The molecule has 7 nitrogen and oxygen atoms in total. The summed E-state index contributed by atoms with van der Waals surface area (Å²) >= 11 is 0.999. The van der Waals surface area contributed by atoms with E-state index in [-0.39, 0.29) is 11.5 Å². The van der Waals surface area contributed by atoms with Crippen LogP contribution in [-0.2, 0) is 4.79 Å². The predicted molar refractivity (Wildman–Crippen MR) is 86.5 cm³/mol. The SMILES string of the molecule is O=C(CSc1nnnn1-c1ccc(O)cc1)Nc1c(F)cccc1F. The van der Waals surface area contributed by atoms with Crippen LogP contribution >= 0.6 is 11.8 Å². The second kappa shape index (κ2) is 7.26. The van der Waals surface area contributed by atoms with E-state index in [0.717, 1.165) is 23.9 Å². The van der Waals surface area contributed by atoms with Crippen molar-refractivity contribution in [2.24, 2.45) is 0 Å². The van der Waals surface area contributed by atoms with Crippen molar-refractivity contribution in [1.82, 2.24) is 20.2 Å². The van der Waals surface area contributed by atoms with Crippen LogP contribution in [0, 0.1) is 11.6 Å². The number of phenols is 1. The van der Waals surface area contributed by atoms with Crippen molar-refractivity contribution >= 4 is 23.4 Å². The van der Waals surface area contributed by atoms with Crippen LogP contribution in [0.1, 0.15) is 0 Å². The molecule has 2 aromatic carbocycles. The zero-order valence-electron chi connectivity index (χ0n) is 12.6. The highest BCUT2D eigenvalue weighted by atomic mass is 32.2. The van der Waals surface area contributed by atoms with Crippen LogP contribution in [0.4, 0.5) is 14.5 Å². The van der Waals surface area contributed by atoms with E-state index < -0.39 is 23.2 Å². The molecule has 3 aromatic rings. The number of nitrogens with one attached hydrogen (secondary N) is 1. The Kier molecular flexibility index (Phi) is 4.89. The fourth-order valence-corrected chi connectivity index (χ4v) is 2.64. The standard InChI is InChI=1S/C15H11F2N5O2S/c16-11-2-1-3-12(17)14(11)18-13(24)8-25-15-19-20-21-22(15)9-4-6-10(23)7-5-9/h1-7,23H,8H2,(H,18,24). The Labute approximate surface area is 144 Å². The van der Waals surface area contributed by atoms with Gasteiger partial charge in [0.05, 0.1) is 11.4 Å². The number of rotatable bonds is 5. The first-order chi connectivity index (χ1) is 12.0. The molecule has 0 unspecified atom stereocenters. The van der Waals surface area contributed by atoms with Gasteiger partial charge in [-0.1, -0.05) is 17.8 Å². The van der Waals surface area contributed by atoms with Crippen molar-refractivity contribution < 1.29 is 18.7 Å². The van der Waals surface area contributed by atoms with Crippen molar-refractivity contribution in [2.45, 2.75) is 5.16 Å². The first kappa shape index (κ1) is 16.8. The van der Waals surface area contributed by atoms with Gasteiger partial charge in [-0.2, -0.15) is 4.68 Å². The van der Waals surface area contributed by atoms with Crippen molar-refractivity contribution in [3.05, 3.63) is 54.1 Å². The minimum absolute atomic E-state index is 0.0947. The summed E-state index contributed by atoms with van der Waals surface area (Å²) in [5, 5.41) is 23.0. The van der Waals surface area contributed by atoms with E-state index in [1.165, 1.54) is 22.9 Å². The summed E-state index contributed by atoms with van der Waals surface area (Å²) in [5.74, 6) is -2.36. The van der Waals surface area contributed by atoms with E-state index in [2.05, 4.69) is 20.8 Å². The number of nitrogens with zero attached hydrogens (tertiary/aromatic N) is 4. The molecule has 0 radical (unpaired) electrons. The third-order valence-electron chi connectivity index (χ3n) is 3.09. The summed E-state index contributed by atoms with van der Waals surface area (Å²) in [7, 11) is 0. The maximum Gasteiger partial charge on any atom is 0.235 e. The van der Waals surface area contributed by atoms with Crippen molar-refractivity contribution in [3.8, 4) is 11.4 Å². The van der Waals surface area contributed by atoms with E-state index in [1.54, 1.807) is 12.1 Å². The van der Waals surface area contributed by atoms with E-state index in [4.69, 9.17) is 0 Å². The number of benzene rings is 2. The van der Waals surface area contributed by atoms with Gasteiger partial charge in [0, 0.05) is 0 Å². The molecule has 0 saturated carbocycles. The largest absolute Gasteiger partial charge is 0.508 e. The molecule has 0 saturated heterocycles. The highest BCUT2D eigenvalue weighted by molar-refractivity contribution is 7.99. The Morgan fingerprint density at radius 1 is 1.16 bits per heavy atom. The van der Waals surface area contributed by atoms with E-state index in [9.17, 15) is 18.7 Å². The van der Waals surface area contributed by atoms with Crippen LogP contribution in [0.2, 0.25) is 0 Å². The van der Waals surface area contributed by atoms with Gasteiger partial charge < -0.3 is 10.4 Å². The molecule has 10 heteroatoms. The monoisotopic (exact) mass is 363 g/mol. The van der Waals surface area contributed by atoms with Gasteiger partial charge in [-0.3, -0.25) is 4.79 Å². The summed E-state index contributed by atoms with van der Waals surface area (Å²) in [6.45, 7) is 0. The number of amides is 1. The van der Waals surface area contributed by atoms with Gasteiger partial charge in [-0.25, -0.2) is 8.78 Å². The average Bonchev–Trinajstić information content (AvgIpc) is 3.06. The van der Waals surface area contributed by atoms with Crippen LogP contribution in [-0.4, -0.2) is 37.0 Å². The Bertz CT molecular complexity index is 881. The Morgan fingerprint density at radius 3 is 2.52 bits per heavy atom. The lowest BCUT2D eigenvalue weighted by Gasteiger charge is -2.07. The van der Waals surface area contributed by atoms with Gasteiger partial charge in [-0.05, 0) is 46.8 Å². The number of phenolic OH excluding ortho intramolecular Hbond substituents is 1. The summed E-state index contributed by atoms with van der Waals surface area (Å²) in [5.41, 5.74) is 0.0945. The van der Waals surface area contributed by atoms with Gasteiger partial charge in [0.15, 0.2) is 0 Å². The highest BCUT2D eigenvalue weighted by Gasteiger charge is 2.15. The fourth-order valence-electron chi connectivity index (χ4n) is 1.95. The molecule has 1 aromatic heterocycles. The van der Waals surface area contributed by atoms with Gasteiger partial charge >= 0.3 is 0 Å². The molecular formula is C15H11F2N5O2S. The molecule has 0 spiro atoms. The number of carbonyl (C=O) groups excluding carboxylic acids is 1. The molecule has 3 rings (SSSR count). The molecule has 0 atom stereocenters. The second-order valence-electron chi connectivity index (χ2n) is 4.82. The molecule has 0 aliphatic rings. The van der Waals surface area contributed by atoms with Gasteiger partial charge in [0.2, 0.25) is 11.1 Å². The number of carbonyl (C=O) groups is 1. The van der Waals surface area contributed by atoms with E-state index in [0.29, 0.717) is 10.8 Å². The van der Waals surface area contributed by atoms with Gasteiger partial charge in [0.1, 0.15) is 23.1 Å². The number of aromatic hydroxyl groups is 1. The average molecular weight is 363 g/mol. The van der Waals surface area contributed by atoms with Gasteiger partial charge in [-0.15, -0.1) is 5.10 Å². The molecule has 1 amide bonds. The maximum absolute atomic E-state index is 13.5. The van der Waals surface area contributed by atoms with Gasteiger partial charge in [0.25, 0.3) is 0 Å². The minimum atomic E-state index is -0.854. The van der Waals surface area contributed by atoms with Crippen LogP contribution < -0.4 is 5.32 Å². The quantitative estimate of drug-likeness (QED) is 0.676. The lowest BCUT2D eigenvalue weighted by Crippen LogP contribution is -2.16. The molecule has 0 aliphatic carbocycles. The highest BCUT2D eigenvalue weighted by Crippen LogP contribution is 2.21. The number of thioether (sulfide) groups is 1. The summed E-state index contributed by atoms with van der Waals surface area (Å²) < 4.78 is 28.4. The zero-order valence-corrected chi connectivity index (χ0v) is 13.4. The molecule has 2 N–H and O–H groups in total. The molecule has 1 heterocycles. The number of hydrogen-bond acceptors (Lipinski definition) is 6. The molecule has 0 bridgehead atoms. The first-order valence-corrected chi connectivity index (χ1v) is 7.97. The second-order valence-corrected chi connectivity index (χ2v) is 5.77. The fraction of sp³-hybridized carbons (Fsp3) is 0.0667. The maximum atomic E-state index is 13.5. The molecule has 0 aliphatic heterocycles. The van der Waals surface area contributed by atoms with E-state index >= 15 is 0 Å². The number of tetrazole rings is 1. The van der Waals surface area contributed by atoms with Crippen LogP contribution in [0.25, 0.3) is 5.69 Å². The predicted octanol–water partition coefficient (Wildman–Crippen LogP) is 2.38. The smallest absolute Gasteiger partial charge is 0.235 e. The molecule has 128 valence electrons. The number of halogens is 2. The lowest BCUT2D eigenvalue weighted by atomic mass is 10.3. The number of para-hydroxylation sites is 1. The summed E-state index contributed by atoms with van der Waals surface area (Å²) in [6.07, 6.45) is 0. The van der Waals surface area contributed by atoms with Crippen molar-refractivity contribution in [3.63, 3.8) is 0 Å². The number of anilines is 1. The Balaban J connectivity index is 1.67. The molecular weight excluding hydrogens is 352 g/mol. The van der Waals surface area contributed by atoms with E-state index in [1.807, 2.05) is 0 Å². The van der Waals surface area contributed by atoms with Crippen LogP contribution in [0.15, 0.2) is 47.6 Å². The summed E-state index contributed by atoms with van der Waals surface area (Å²) in [6, 6.07) is 9.46. The molecule has 25 heavy (non-hydrogen) atoms. The Hall–Kier alpha value is -3.01. The van der Waals surface area contributed by atoms with Crippen molar-refractivity contribution in [1.29, 1.82) is 0 Å². The van der Waals surface area contributed by atoms with Crippen LogP contribution in [0.3, 0.4) is 0 Å². The minimum Gasteiger partial charge on any atom is -0.508 e. The summed E-state index contributed by atoms with van der Waals surface area (Å²) in [4.78, 5) is 11.9. The third-order valence-corrected chi connectivity index (χ3v) is 4.01. The Morgan fingerprint density at radius 2 is 1.84 bits per heavy atom. The lowest BCUT2D eigenvalue weighted by molar-refractivity contribution is -0.113. The van der Waals surface area contributed by atoms with Crippen LogP contribution in [0.5, 0.6) is 5.75 Å². The molecule has 0 fully saturated rings. The first-order valence-electron chi connectivity index (χ1n) is 6.99. The number of hydrogen-bond donors (Lipinski definition) is 2.